The summed E-state index contributed by atoms with van der Waals surface area (Å²) < 4.78 is 21.6. The first-order valence-electron chi connectivity index (χ1n) is 9.98. The highest BCUT2D eigenvalue weighted by molar-refractivity contribution is 6.04. The van der Waals surface area contributed by atoms with Gasteiger partial charge in [-0.2, -0.15) is 5.26 Å². The van der Waals surface area contributed by atoms with Crippen LogP contribution in [-0.2, 0) is 16.1 Å². The molecule has 2 aromatic carbocycles. The molecule has 1 saturated heterocycles. The van der Waals surface area contributed by atoms with Crippen molar-refractivity contribution < 1.29 is 13.9 Å². The zero-order valence-electron chi connectivity index (χ0n) is 16.5. The van der Waals surface area contributed by atoms with Crippen LogP contribution in [0, 0.1) is 17.1 Å². The van der Waals surface area contributed by atoms with Gasteiger partial charge in [0.1, 0.15) is 17.5 Å². The van der Waals surface area contributed by atoms with Gasteiger partial charge in [-0.05, 0) is 31.1 Å². The number of rotatable bonds is 6. The molecule has 4 rings (SSSR count). The van der Waals surface area contributed by atoms with Crippen LogP contribution in [0.2, 0.25) is 0 Å². The first-order chi connectivity index (χ1) is 14.7. The summed E-state index contributed by atoms with van der Waals surface area (Å²) in [7, 11) is 0. The van der Waals surface area contributed by atoms with E-state index in [9.17, 15) is 14.4 Å². The van der Waals surface area contributed by atoms with Crippen molar-refractivity contribution in [2.45, 2.75) is 25.5 Å². The molecule has 0 unspecified atom stereocenters. The van der Waals surface area contributed by atoms with Crippen LogP contribution in [0.4, 0.5) is 4.39 Å². The zero-order chi connectivity index (χ0) is 20.9. The maximum atomic E-state index is 14.1. The number of ether oxygens (including phenoxy) is 1. The Morgan fingerprint density at radius 3 is 2.83 bits per heavy atom. The number of aromatic nitrogens is 1. The molecule has 0 radical (unpaired) electrons. The largest absolute Gasteiger partial charge is 0.376 e. The monoisotopic (exact) mass is 403 g/mol. The third-order valence-electron chi connectivity index (χ3n) is 5.30. The average Bonchev–Trinajstić information content (AvgIpc) is 3.40. The first-order valence-corrected chi connectivity index (χ1v) is 9.98. The summed E-state index contributed by atoms with van der Waals surface area (Å²) in [5.41, 5.74) is 2.25. The molecule has 6 heteroatoms. The van der Waals surface area contributed by atoms with Crippen molar-refractivity contribution in [3.63, 3.8) is 0 Å². The molecule has 0 aliphatic carbocycles. The second-order valence-corrected chi connectivity index (χ2v) is 7.34. The van der Waals surface area contributed by atoms with Crippen LogP contribution < -0.4 is 5.32 Å². The van der Waals surface area contributed by atoms with Crippen molar-refractivity contribution in [3.05, 3.63) is 77.2 Å². The smallest absolute Gasteiger partial charge is 0.262 e. The van der Waals surface area contributed by atoms with Crippen molar-refractivity contribution in [1.29, 1.82) is 5.26 Å². The van der Waals surface area contributed by atoms with E-state index in [4.69, 9.17) is 4.74 Å². The number of carbonyl (C=O) groups is 1. The molecule has 2 heterocycles. The molecule has 1 fully saturated rings. The molecular formula is C24H22FN3O2. The number of benzene rings is 2. The number of nitriles is 1. The zero-order valence-corrected chi connectivity index (χ0v) is 16.5. The normalized spacial score (nSPS) is 16.5. The minimum absolute atomic E-state index is 0.0107. The molecule has 1 atom stereocenters. The number of hydrogen-bond acceptors (Lipinski definition) is 3. The van der Waals surface area contributed by atoms with Crippen molar-refractivity contribution in [3.8, 4) is 6.07 Å². The quantitative estimate of drug-likeness (QED) is 0.499. The van der Waals surface area contributed by atoms with Crippen molar-refractivity contribution in [2.24, 2.45) is 0 Å². The van der Waals surface area contributed by atoms with Crippen molar-refractivity contribution in [2.75, 3.05) is 13.2 Å². The molecule has 0 bridgehead atoms. The fraction of sp³-hybridized carbons (Fsp3) is 0.250. The van der Waals surface area contributed by atoms with Gasteiger partial charge >= 0.3 is 0 Å². The molecule has 30 heavy (non-hydrogen) atoms. The Hall–Kier alpha value is -3.43. The minimum Gasteiger partial charge on any atom is -0.376 e. The fourth-order valence-corrected chi connectivity index (χ4v) is 3.74. The number of para-hydroxylation sites is 1. The average molecular weight is 403 g/mol. The van der Waals surface area contributed by atoms with Crippen LogP contribution in [0.15, 0.2) is 60.3 Å². The van der Waals surface area contributed by atoms with Crippen LogP contribution in [0.5, 0.6) is 0 Å². The first kappa shape index (κ1) is 19.9. The van der Waals surface area contributed by atoms with E-state index >= 15 is 0 Å². The van der Waals surface area contributed by atoms with E-state index in [0.29, 0.717) is 25.3 Å². The lowest BCUT2D eigenvalue weighted by Gasteiger charge is -2.10. The summed E-state index contributed by atoms with van der Waals surface area (Å²) in [5.74, 6) is -0.683. The van der Waals surface area contributed by atoms with Crippen molar-refractivity contribution in [1.82, 2.24) is 9.88 Å². The lowest BCUT2D eigenvalue weighted by molar-refractivity contribution is -0.117. The SMILES string of the molecule is N#C/C(=C\c1cn(Cc2ccccc2F)c2ccccc12)C(=O)NC[C@@H]1CCCO1. The number of nitrogens with one attached hydrogen (secondary N) is 1. The van der Waals surface area contributed by atoms with E-state index in [1.165, 1.54) is 6.07 Å². The Bertz CT molecular complexity index is 1140. The summed E-state index contributed by atoms with van der Waals surface area (Å²) in [6.45, 7) is 1.46. The maximum absolute atomic E-state index is 14.1. The third kappa shape index (κ3) is 4.27. The lowest BCUT2D eigenvalue weighted by atomic mass is 10.1. The van der Waals surface area contributed by atoms with E-state index in [-0.39, 0.29) is 17.5 Å². The molecule has 1 amide bonds. The van der Waals surface area contributed by atoms with Gasteiger partial charge in [-0.3, -0.25) is 4.79 Å². The second kappa shape index (κ2) is 8.93. The summed E-state index contributed by atoms with van der Waals surface area (Å²) in [6, 6.07) is 16.3. The molecule has 152 valence electrons. The Morgan fingerprint density at radius 1 is 1.27 bits per heavy atom. The molecule has 1 aliphatic heterocycles. The number of carbonyl (C=O) groups excluding carboxylic acids is 1. The standard InChI is InChI=1S/C24H22FN3O2/c25-22-9-3-1-6-17(22)15-28-16-19(21-8-2-4-10-23(21)28)12-18(13-26)24(29)27-14-20-7-5-11-30-20/h1-4,6,8-10,12,16,20H,5,7,11,14-15H2,(H,27,29)/b18-12+/t20-/m0/s1. The van der Waals surface area contributed by atoms with Gasteiger partial charge in [0, 0.05) is 41.4 Å². The van der Waals surface area contributed by atoms with Gasteiger partial charge in [-0.25, -0.2) is 4.39 Å². The van der Waals surface area contributed by atoms with Gasteiger partial charge in [-0.15, -0.1) is 0 Å². The lowest BCUT2D eigenvalue weighted by Crippen LogP contribution is -2.32. The molecular weight excluding hydrogens is 381 g/mol. The Morgan fingerprint density at radius 2 is 2.07 bits per heavy atom. The Kier molecular flexibility index (Phi) is 5.92. The van der Waals surface area contributed by atoms with Gasteiger partial charge < -0.3 is 14.6 Å². The van der Waals surface area contributed by atoms with Crippen molar-refractivity contribution >= 4 is 22.9 Å². The summed E-state index contributed by atoms with van der Waals surface area (Å²) in [5, 5.41) is 13.2. The van der Waals surface area contributed by atoms with E-state index in [1.54, 1.807) is 24.3 Å². The van der Waals surface area contributed by atoms with E-state index < -0.39 is 5.91 Å². The van der Waals surface area contributed by atoms with Gasteiger partial charge in [-0.1, -0.05) is 36.4 Å². The fourth-order valence-electron chi connectivity index (χ4n) is 3.74. The predicted octanol–water partition coefficient (Wildman–Crippen LogP) is 4.03. The molecule has 5 nitrogen and oxygen atoms in total. The van der Waals surface area contributed by atoms with Crippen LogP contribution in [-0.4, -0.2) is 29.7 Å². The van der Waals surface area contributed by atoms with Gasteiger partial charge in [0.25, 0.3) is 5.91 Å². The summed E-state index contributed by atoms with van der Waals surface area (Å²) >= 11 is 0. The summed E-state index contributed by atoms with van der Waals surface area (Å²) in [4.78, 5) is 12.5. The van der Waals surface area contributed by atoms with E-state index in [1.807, 2.05) is 41.1 Å². The van der Waals surface area contributed by atoms with Crippen LogP contribution in [0.25, 0.3) is 17.0 Å². The van der Waals surface area contributed by atoms with E-state index in [0.717, 1.165) is 29.3 Å². The number of halogens is 1. The molecule has 1 N–H and O–H groups in total. The topological polar surface area (TPSA) is 67.0 Å². The maximum Gasteiger partial charge on any atom is 0.262 e. The third-order valence-corrected chi connectivity index (χ3v) is 5.30. The Labute approximate surface area is 174 Å². The Balaban J connectivity index is 1.62. The minimum atomic E-state index is -0.418. The molecule has 0 saturated carbocycles. The molecule has 0 spiro atoms. The van der Waals surface area contributed by atoms with Crippen LogP contribution in [0.1, 0.15) is 24.0 Å². The highest BCUT2D eigenvalue weighted by atomic mass is 19.1. The molecule has 1 aromatic heterocycles. The second-order valence-electron chi connectivity index (χ2n) is 7.34. The van der Waals surface area contributed by atoms with Gasteiger partial charge in [0.15, 0.2) is 0 Å². The number of nitrogens with zero attached hydrogens (tertiary/aromatic N) is 2. The number of fused-ring (bicyclic) bond motifs is 1. The number of hydrogen-bond donors (Lipinski definition) is 1. The van der Waals surface area contributed by atoms with Gasteiger partial charge in [0.05, 0.1) is 12.6 Å². The predicted molar refractivity (Wildman–Crippen MR) is 113 cm³/mol. The highest BCUT2D eigenvalue weighted by Crippen LogP contribution is 2.25. The van der Waals surface area contributed by atoms with Crippen LogP contribution in [0.3, 0.4) is 0 Å². The molecule has 1 aliphatic rings. The number of amides is 1. The van der Waals surface area contributed by atoms with E-state index in [2.05, 4.69) is 5.32 Å². The highest BCUT2D eigenvalue weighted by Gasteiger charge is 2.18. The summed E-state index contributed by atoms with van der Waals surface area (Å²) in [6.07, 6.45) is 5.35. The van der Waals surface area contributed by atoms with Crippen LogP contribution >= 0.6 is 0 Å². The van der Waals surface area contributed by atoms with Gasteiger partial charge in [0.2, 0.25) is 0 Å². The molecule has 3 aromatic rings.